The summed E-state index contributed by atoms with van der Waals surface area (Å²) in [5, 5.41) is 5.24. The molecule has 2 unspecified atom stereocenters. The van der Waals surface area contributed by atoms with Crippen molar-refractivity contribution in [3.05, 3.63) is 64.1 Å². The van der Waals surface area contributed by atoms with Gasteiger partial charge in [-0.3, -0.25) is 9.69 Å². The average molecular weight is 453 g/mol. The molecule has 0 bridgehead atoms. The van der Waals surface area contributed by atoms with Gasteiger partial charge in [-0.25, -0.2) is 4.98 Å². The second kappa shape index (κ2) is 10.3. The second-order valence-corrected chi connectivity index (χ2v) is 8.00. The first kappa shape index (κ1) is 23.4. The summed E-state index contributed by atoms with van der Waals surface area (Å²) in [7, 11) is 0. The predicted octanol–water partition coefficient (Wildman–Crippen LogP) is 4.72. The number of aromatic amines is 1. The largest absolute Gasteiger partial charge is 0.351 e. The topological polar surface area (TPSA) is 61.0 Å². The Kier molecular flexibility index (Phi) is 8.28. The zero-order valence-electron chi connectivity index (χ0n) is 16.4. The van der Waals surface area contributed by atoms with Crippen molar-refractivity contribution in [2.45, 2.75) is 32.4 Å². The minimum absolute atomic E-state index is 0. The maximum absolute atomic E-state index is 12.5. The van der Waals surface area contributed by atoms with Crippen LogP contribution in [0.2, 0.25) is 0 Å². The van der Waals surface area contributed by atoms with Gasteiger partial charge in [0.15, 0.2) is 0 Å². The third-order valence-electron chi connectivity index (χ3n) is 5.31. The van der Waals surface area contributed by atoms with Crippen molar-refractivity contribution >= 4 is 42.1 Å². The molecule has 29 heavy (non-hydrogen) atoms. The van der Waals surface area contributed by atoms with Crippen molar-refractivity contribution in [1.82, 2.24) is 20.2 Å². The number of aromatic nitrogens is 2. The molecule has 0 aliphatic carbocycles. The molecule has 1 amide bonds. The Morgan fingerprint density at radius 3 is 2.69 bits per heavy atom. The number of H-pyrrole nitrogens is 1. The van der Waals surface area contributed by atoms with Crippen LogP contribution in [-0.4, -0.2) is 39.9 Å². The van der Waals surface area contributed by atoms with Crippen LogP contribution in [0.1, 0.15) is 40.7 Å². The molecule has 156 valence electrons. The maximum atomic E-state index is 12.5. The molecule has 5 nitrogen and oxygen atoms in total. The number of imidazole rings is 1. The summed E-state index contributed by atoms with van der Waals surface area (Å²) in [6.07, 6.45) is 4.60. The van der Waals surface area contributed by atoms with Crippen LogP contribution in [-0.2, 0) is 6.42 Å². The number of benzene rings is 1. The molecule has 4 rings (SSSR count). The maximum Gasteiger partial charge on any atom is 0.251 e. The highest BCUT2D eigenvalue weighted by Gasteiger charge is 2.29. The zero-order chi connectivity index (χ0) is 18.8. The fourth-order valence-corrected chi connectivity index (χ4v) is 4.88. The van der Waals surface area contributed by atoms with Crippen LogP contribution in [0, 0.1) is 0 Å². The summed E-state index contributed by atoms with van der Waals surface area (Å²) in [6.45, 7) is 6.04. The lowest BCUT2D eigenvalue weighted by Crippen LogP contribution is -2.44. The second-order valence-electron chi connectivity index (χ2n) is 7.05. The lowest BCUT2D eigenvalue weighted by molar-refractivity contribution is 0.0930. The zero-order valence-corrected chi connectivity index (χ0v) is 18.9. The van der Waals surface area contributed by atoms with E-state index < -0.39 is 0 Å². The Morgan fingerprint density at radius 2 is 2.00 bits per heavy atom. The van der Waals surface area contributed by atoms with E-state index in [2.05, 4.69) is 45.5 Å². The molecule has 8 heteroatoms. The van der Waals surface area contributed by atoms with Crippen molar-refractivity contribution in [3.63, 3.8) is 0 Å². The van der Waals surface area contributed by atoms with Gasteiger partial charge in [-0.05, 0) is 49.4 Å². The molecule has 2 aromatic heterocycles. The summed E-state index contributed by atoms with van der Waals surface area (Å²) >= 11 is 1.84. The Bertz CT molecular complexity index is 911. The van der Waals surface area contributed by atoms with Crippen molar-refractivity contribution < 1.29 is 4.79 Å². The molecule has 2 atom stereocenters. The highest BCUT2D eigenvalue weighted by molar-refractivity contribution is 7.10. The number of hydrogen-bond donors (Lipinski definition) is 2. The molecule has 1 aromatic carbocycles. The predicted molar refractivity (Wildman–Crippen MR) is 123 cm³/mol. The number of carbonyl (C=O) groups excluding carboxylic acids is 1. The van der Waals surface area contributed by atoms with Crippen molar-refractivity contribution in [1.29, 1.82) is 0 Å². The molecule has 0 fully saturated rings. The van der Waals surface area contributed by atoms with E-state index >= 15 is 0 Å². The van der Waals surface area contributed by atoms with E-state index in [4.69, 9.17) is 0 Å². The van der Waals surface area contributed by atoms with Gasteiger partial charge in [-0.15, -0.1) is 36.2 Å². The molecule has 3 heterocycles. The first-order valence-electron chi connectivity index (χ1n) is 9.33. The number of nitrogens with zero attached hydrogens (tertiary/aromatic N) is 2. The quantitative estimate of drug-likeness (QED) is 0.588. The van der Waals surface area contributed by atoms with E-state index in [0.717, 1.165) is 24.4 Å². The average Bonchev–Trinajstić information content (AvgIpc) is 3.36. The van der Waals surface area contributed by atoms with E-state index in [9.17, 15) is 4.79 Å². The standard InChI is InChI=1S/C21H24N4OS.2ClH/c1-14-13-18-7-12-27-19(18)15(2)25(14)11-10-24-21(26)17-5-3-16(4-6-17)20-22-8-9-23-20;;/h3-9,12,14-15H,10-11,13H2,1-2H3,(H,22,23)(H,24,26);2*1H. The number of rotatable bonds is 5. The fraction of sp³-hybridized carbons (Fsp3) is 0.333. The molecule has 0 radical (unpaired) electrons. The molecule has 0 spiro atoms. The normalized spacial score (nSPS) is 18.3. The van der Waals surface area contributed by atoms with Crippen molar-refractivity contribution in [2.24, 2.45) is 0 Å². The van der Waals surface area contributed by atoms with Gasteiger partial charge in [0, 0.05) is 53.6 Å². The van der Waals surface area contributed by atoms with Gasteiger partial charge in [0.25, 0.3) is 5.91 Å². The summed E-state index contributed by atoms with van der Waals surface area (Å²) in [6, 6.07) is 10.7. The van der Waals surface area contributed by atoms with Crippen LogP contribution in [0.4, 0.5) is 0 Å². The van der Waals surface area contributed by atoms with Crippen LogP contribution in [0.3, 0.4) is 0 Å². The van der Waals surface area contributed by atoms with Gasteiger partial charge in [-0.2, -0.15) is 0 Å². The minimum atomic E-state index is -0.0323. The minimum Gasteiger partial charge on any atom is -0.351 e. The van der Waals surface area contributed by atoms with Gasteiger partial charge in [0.1, 0.15) is 5.82 Å². The number of thiophene rings is 1. The van der Waals surface area contributed by atoms with E-state index in [1.807, 2.05) is 35.6 Å². The van der Waals surface area contributed by atoms with Crippen molar-refractivity contribution in [2.75, 3.05) is 13.1 Å². The molecule has 2 N–H and O–H groups in total. The lowest BCUT2D eigenvalue weighted by Gasteiger charge is -2.38. The third kappa shape index (κ3) is 5.01. The molecule has 1 aliphatic heterocycles. The molecular formula is C21H26Cl2N4OS. The van der Waals surface area contributed by atoms with Gasteiger partial charge < -0.3 is 10.3 Å². The molecule has 3 aromatic rings. The Morgan fingerprint density at radius 1 is 1.24 bits per heavy atom. The summed E-state index contributed by atoms with van der Waals surface area (Å²) in [5.74, 6) is 0.776. The third-order valence-corrected chi connectivity index (χ3v) is 6.44. The van der Waals surface area contributed by atoms with E-state index in [0.29, 0.717) is 24.2 Å². The number of carbonyl (C=O) groups is 1. The first-order valence-corrected chi connectivity index (χ1v) is 10.2. The van der Waals surface area contributed by atoms with Crippen molar-refractivity contribution in [3.8, 4) is 11.4 Å². The fourth-order valence-electron chi connectivity index (χ4n) is 3.87. The van der Waals surface area contributed by atoms with Crippen LogP contribution in [0.15, 0.2) is 48.1 Å². The molecular weight excluding hydrogens is 427 g/mol. The molecule has 0 saturated heterocycles. The van der Waals surface area contributed by atoms with Crippen LogP contribution >= 0.6 is 36.2 Å². The van der Waals surface area contributed by atoms with Gasteiger partial charge in [0.2, 0.25) is 0 Å². The molecule has 0 saturated carbocycles. The van der Waals surface area contributed by atoms with Gasteiger partial charge in [0.05, 0.1) is 0 Å². The number of amides is 1. The highest BCUT2D eigenvalue weighted by atomic mass is 35.5. The number of fused-ring (bicyclic) bond motifs is 1. The lowest BCUT2D eigenvalue weighted by atomic mass is 9.97. The Hall–Kier alpha value is -1.86. The summed E-state index contributed by atoms with van der Waals surface area (Å²) in [4.78, 5) is 23.7. The number of hydrogen-bond acceptors (Lipinski definition) is 4. The number of halogens is 2. The molecule has 1 aliphatic rings. The Labute approximate surface area is 187 Å². The SMILES string of the molecule is CC1Cc2ccsc2C(C)N1CCNC(=O)c1ccc(-c2ncc[nH]2)cc1.Cl.Cl. The van der Waals surface area contributed by atoms with E-state index in [1.165, 1.54) is 10.4 Å². The Balaban J connectivity index is 0.00000150. The first-order chi connectivity index (χ1) is 13.1. The van der Waals surface area contributed by atoms with Crippen LogP contribution in [0.25, 0.3) is 11.4 Å². The smallest absolute Gasteiger partial charge is 0.251 e. The van der Waals surface area contributed by atoms with Gasteiger partial charge in [-0.1, -0.05) is 12.1 Å². The number of nitrogens with one attached hydrogen (secondary N) is 2. The van der Waals surface area contributed by atoms with Gasteiger partial charge >= 0.3 is 0 Å². The van der Waals surface area contributed by atoms with Crippen LogP contribution in [0.5, 0.6) is 0 Å². The summed E-state index contributed by atoms with van der Waals surface area (Å²) < 4.78 is 0. The van der Waals surface area contributed by atoms with E-state index in [1.54, 1.807) is 12.4 Å². The monoisotopic (exact) mass is 452 g/mol. The van der Waals surface area contributed by atoms with Crippen LogP contribution < -0.4 is 5.32 Å². The van der Waals surface area contributed by atoms with E-state index in [-0.39, 0.29) is 30.7 Å². The highest BCUT2D eigenvalue weighted by Crippen LogP contribution is 2.35. The summed E-state index contributed by atoms with van der Waals surface area (Å²) in [5.41, 5.74) is 3.13.